The van der Waals surface area contributed by atoms with Crippen molar-refractivity contribution in [3.05, 3.63) is 36.2 Å². The molecule has 2 aromatic rings. The van der Waals surface area contributed by atoms with Crippen LogP contribution >= 0.6 is 0 Å². The fraction of sp³-hybridized carbons (Fsp3) is 0.577. The lowest BCUT2D eigenvalue weighted by Crippen LogP contribution is -2.47. The summed E-state index contributed by atoms with van der Waals surface area (Å²) >= 11 is 0. The van der Waals surface area contributed by atoms with Gasteiger partial charge in [0.05, 0.1) is 11.2 Å². The molecule has 0 saturated carbocycles. The van der Waals surface area contributed by atoms with E-state index in [0.717, 1.165) is 11.7 Å². The molecule has 3 aliphatic heterocycles. The molecule has 0 radical (unpaired) electrons. The Labute approximate surface area is 233 Å². The summed E-state index contributed by atoms with van der Waals surface area (Å²) in [6.45, 7) is 9.67. The summed E-state index contributed by atoms with van der Waals surface area (Å²) in [5.41, 5.74) is -0.168. The molecule has 3 saturated heterocycles. The third kappa shape index (κ3) is 5.40. The van der Waals surface area contributed by atoms with Crippen LogP contribution in [-0.4, -0.2) is 85.5 Å². The molecule has 1 aromatic carbocycles. The second-order valence-corrected chi connectivity index (χ2v) is 13.5. The summed E-state index contributed by atoms with van der Waals surface area (Å²) in [7, 11) is -4.48. The highest BCUT2D eigenvalue weighted by Gasteiger charge is 2.52. The van der Waals surface area contributed by atoms with Gasteiger partial charge in [0.2, 0.25) is 5.95 Å². The van der Waals surface area contributed by atoms with Crippen LogP contribution in [0.5, 0.6) is 5.75 Å². The summed E-state index contributed by atoms with van der Waals surface area (Å²) in [6.07, 6.45) is 4.94. The summed E-state index contributed by atoms with van der Waals surface area (Å²) in [5, 5.41) is 0. The molecule has 1 atom stereocenters. The number of piperidine rings is 1. The lowest BCUT2D eigenvalue weighted by Gasteiger charge is -2.36. The van der Waals surface area contributed by atoms with Crippen LogP contribution in [0.2, 0.25) is 0 Å². The van der Waals surface area contributed by atoms with Gasteiger partial charge < -0.3 is 23.8 Å². The van der Waals surface area contributed by atoms with E-state index in [1.165, 1.54) is 0 Å². The highest BCUT2D eigenvalue weighted by atomic mass is 32.2. The van der Waals surface area contributed by atoms with Crippen LogP contribution in [-0.2, 0) is 23.9 Å². The van der Waals surface area contributed by atoms with Crippen LogP contribution in [0.1, 0.15) is 47.0 Å². The Morgan fingerprint density at radius 1 is 0.975 bits per heavy atom. The molecule has 1 amide bonds. The Hall–Kier alpha value is -2.84. The maximum Gasteiger partial charge on any atom is 0.498 e. The zero-order valence-electron chi connectivity index (χ0n) is 23.2. The molecule has 40 heavy (non-hydrogen) atoms. The normalized spacial score (nSPS) is 23.2. The standard InChI is InChI=1S/C26H33BF2N4O6S/c1-25(2)26(3,4)39-27(38-25)16-14-30-24(31-15-16)32-9-6-17(7-10-32)33-11-8-20(23(33)34)37-21-12-19(29)22(13-18(21)28)40(5,35)36/h12-15,17,20H,6-11H2,1-5H3. The summed E-state index contributed by atoms with van der Waals surface area (Å²) < 4.78 is 69.6. The molecule has 10 nitrogen and oxygen atoms in total. The number of carbonyl (C=O) groups is 1. The van der Waals surface area contributed by atoms with Crippen molar-refractivity contribution in [2.75, 3.05) is 30.8 Å². The molecule has 3 fully saturated rings. The van der Waals surface area contributed by atoms with E-state index >= 15 is 0 Å². The van der Waals surface area contributed by atoms with E-state index in [1.807, 2.05) is 27.7 Å². The first kappa shape index (κ1) is 28.7. The predicted octanol–water partition coefficient (Wildman–Crippen LogP) is 2.11. The quantitative estimate of drug-likeness (QED) is 0.476. The molecular formula is C26H33BF2N4O6S. The van der Waals surface area contributed by atoms with Gasteiger partial charge in [0.1, 0.15) is 10.7 Å². The highest BCUT2D eigenvalue weighted by molar-refractivity contribution is 7.90. The number of anilines is 1. The van der Waals surface area contributed by atoms with Crippen molar-refractivity contribution in [2.24, 2.45) is 0 Å². The zero-order valence-corrected chi connectivity index (χ0v) is 24.0. The van der Waals surface area contributed by atoms with Crippen molar-refractivity contribution in [2.45, 2.75) is 75.2 Å². The number of aromatic nitrogens is 2. The number of rotatable bonds is 6. The SMILES string of the molecule is CC1(C)OB(c2cnc(N3CCC(N4CCC(Oc5cc(F)c(S(C)(=O)=O)cc5F)C4=O)CC3)nc2)OC1(C)C. The third-order valence-electron chi connectivity index (χ3n) is 8.22. The topological polar surface area (TPSA) is 111 Å². The Kier molecular flexibility index (Phi) is 7.33. The molecule has 0 aliphatic carbocycles. The van der Waals surface area contributed by atoms with Gasteiger partial charge in [0.25, 0.3) is 5.91 Å². The van der Waals surface area contributed by atoms with Crippen molar-refractivity contribution in [1.29, 1.82) is 0 Å². The number of halogens is 2. The second kappa shape index (κ2) is 10.2. The van der Waals surface area contributed by atoms with Gasteiger partial charge in [0, 0.05) is 62.3 Å². The van der Waals surface area contributed by atoms with Gasteiger partial charge in [0.15, 0.2) is 27.5 Å². The van der Waals surface area contributed by atoms with E-state index in [2.05, 4.69) is 14.9 Å². The van der Waals surface area contributed by atoms with E-state index in [1.54, 1.807) is 17.3 Å². The molecule has 0 N–H and O–H groups in total. The number of likely N-dealkylation sites (tertiary alicyclic amines) is 1. The Bertz CT molecular complexity index is 1380. The molecule has 4 heterocycles. The van der Waals surface area contributed by atoms with E-state index < -0.39 is 56.5 Å². The fourth-order valence-electron chi connectivity index (χ4n) is 5.16. The van der Waals surface area contributed by atoms with E-state index in [9.17, 15) is 22.0 Å². The van der Waals surface area contributed by atoms with E-state index in [0.29, 0.717) is 57.0 Å². The number of nitrogens with zero attached hydrogens (tertiary/aromatic N) is 4. The fourth-order valence-corrected chi connectivity index (χ4v) is 5.89. The van der Waals surface area contributed by atoms with Crippen LogP contribution in [0.25, 0.3) is 0 Å². The molecule has 216 valence electrons. The van der Waals surface area contributed by atoms with Crippen molar-refractivity contribution in [1.82, 2.24) is 14.9 Å². The smallest absolute Gasteiger partial charge is 0.477 e. The minimum Gasteiger partial charge on any atom is -0.477 e. The Morgan fingerprint density at radius 3 is 2.15 bits per heavy atom. The Morgan fingerprint density at radius 2 is 1.57 bits per heavy atom. The monoisotopic (exact) mass is 578 g/mol. The first-order valence-electron chi connectivity index (χ1n) is 13.2. The predicted molar refractivity (Wildman–Crippen MR) is 143 cm³/mol. The average Bonchev–Trinajstić information content (AvgIpc) is 3.35. The van der Waals surface area contributed by atoms with Crippen LogP contribution in [0.4, 0.5) is 14.7 Å². The minimum absolute atomic E-state index is 0.0319. The summed E-state index contributed by atoms with van der Waals surface area (Å²) in [6, 6.07) is 1.23. The van der Waals surface area contributed by atoms with Crippen LogP contribution in [0.3, 0.4) is 0 Å². The largest absolute Gasteiger partial charge is 0.498 e. The Balaban J connectivity index is 1.16. The lowest BCUT2D eigenvalue weighted by molar-refractivity contribution is -0.135. The number of sulfone groups is 1. The summed E-state index contributed by atoms with van der Waals surface area (Å²) in [5.74, 6) is -2.36. The first-order valence-corrected chi connectivity index (χ1v) is 15.1. The number of carbonyl (C=O) groups excluding carboxylic acids is 1. The first-order chi connectivity index (χ1) is 18.7. The van der Waals surface area contributed by atoms with Crippen molar-refractivity contribution in [3.8, 4) is 5.75 Å². The van der Waals surface area contributed by atoms with Crippen molar-refractivity contribution in [3.63, 3.8) is 0 Å². The summed E-state index contributed by atoms with van der Waals surface area (Å²) in [4.78, 5) is 25.1. The molecule has 1 aromatic heterocycles. The van der Waals surface area contributed by atoms with Gasteiger partial charge in [-0.15, -0.1) is 0 Å². The van der Waals surface area contributed by atoms with Gasteiger partial charge in [-0.1, -0.05) is 0 Å². The van der Waals surface area contributed by atoms with E-state index in [4.69, 9.17) is 14.0 Å². The molecule has 0 bridgehead atoms. The number of hydrogen-bond acceptors (Lipinski definition) is 9. The second-order valence-electron chi connectivity index (χ2n) is 11.5. The molecule has 3 aliphatic rings. The number of amides is 1. The van der Waals surface area contributed by atoms with Gasteiger partial charge in [-0.3, -0.25) is 4.79 Å². The zero-order chi connectivity index (χ0) is 29.0. The third-order valence-corrected chi connectivity index (χ3v) is 9.33. The highest BCUT2D eigenvalue weighted by Crippen LogP contribution is 2.36. The molecule has 5 rings (SSSR count). The maximum absolute atomic E-state index is 14.5. The van der Waals surface area contributed by atoms with Crippen LogP contribution in [0, 0.1) is 11.6 Å². The van der Waals surface area contributed by atoms with Gasteiger partial charge in [-0.05, 0) is 46.6 Å². The van der Waals surface area contributed by atoms with Gasteiger partial charge >= 0.3 is 7.12 Å². The van der Waals surface area contributed by atoms with Gasteiger partial charge in [-0.25, -0.2) is 27.2 Å². The number of hydrogen-bond donors (Lipinski definition) is 0. The van der Waals surface area contributed by atoms with Crippen molar-refractivity contribution >= 4 is 34.3 Å². The molecular weight excluding hydrogens is 545 g/mol. The van der Waals surface area contributed by atoms with Gasteiger partial charge in [-0.2, -0.15) is 0 Å². The number of ether oxygens (including phenoxy) is 1. The molecule has 0 spiro atoms. The van der Waals surface area contributed by atoms with Crippen LogP contribution < -0.4 is 15.1 Å². The maximum atomic E-state index is 14.5. The number of benzene rings is 1. The van der Waals surface area contributed by atoms with Crippen LogP contribution in [0.15, 0.2) is 29.4 Å². The average molecular weight is 578 g/mol. The lowest BCUT2D eigenvalue weighted by atomic mass is 9.81. The van der Waals surface area contributed by atoms with E-state index in [-0.39, 0.29) is 11.9 Å². The molecule has 14 heteroatoms. The minimum atomic E-state index is -3.94. The van der Waals surface area contributed by atoms with Crippen molar-refractivity contribution < 1.29 is 36.0 Å². The molecule has 1 unspecified atom stereocenters.